The third-order valence-corrected chi connectivity index (χ3v) is 3.25. The van der Waals surface area contributed by atoms with E-state index < -0.39 is 0 Å². The smallest absolute Gasteiger partial charge is 0.119 e. The van der Waals surface area contributed by atoms with E-state index in [4.69, 9.17) is 33.8 Å². The lowest BCUT2D eigenvalue weighted by Crippen LogP contribution is -2.28. The molecule has 3 N–H and O–H groups in total. The van der Waals surface area contributed by atoms with E-state index in [9.17, 15) is 0 Å². The van der Waals surface area contributed by atoms with Gasteiger partial charge in [0.2, 0.25) is 0 Å². The van der Waals surface area contributed by atoms with Gasteiger partial charge in [0.1, 0.15) is 5.75 Å². The van der Waals surface area contributed by atoms with Gasteiger partial charge in [-0.3, -0.25) is 5.84 Å². The lowest BCUT2D eigenvalue weighted by atomic mass is 9.99. The minimum atomic E-state index is -0.203. The number of methoxy groups -OCH3 is 1. The fourth-order valence-corrected chi connectivity index (χ4v) is 2.49. The molecule has 0 heterocycles. The number of hydrogen-bond acceptors (Lipinski definition) is 3. The first-order valence-electron chi connectivity index (χ1n) is 5.70. The van der Waals surface area contributed by atoms with E-state index in [1.807, 2.05) is 36.4 Å². The molecule has 0 radical (unpaired) electrons. The summed E-state index contributed by atoms with van der Waals surface area (Å²) in [6.45, 7) is 0. The zero-order valence-corrected chi connectivity index (χ0v) is 11.9. The van der Waals surface area contributed by atoms with E-state index in [1.54, 1.807) is 13.2 Å². The highest BCUT2D eigenvalue weighted by molar-refractivity contribution is 6.34. The van der Waals surface area contributed by atoms with E-state index in [1.165, 1.54) is 0 Å². The predicted molar refractivity (Wildman–Crippen MR) is 78.6 cm³/mol. The molecular formula is C14H14Cl2N2O. The Labute approximate surface area is 122 Å². The van der Waals surface area contributed by atoms with Gasteiger partial charge in [0.15, 0.2) is 0 Å². The van der Waals surface area contributed by atoms with Crippen LogP contribution in [0.1, 0.15) is 17.2 Å². The van der Waals surface area contributed by atoms with Crippen LogP contribution in [0, 0.1) is 0 Å². The van der Waals surface area contributed by atoms with Gasteiger partial charge >= 0.3 is 0 Å². The summed E-state index contributed by atoms with van der Waals surface area (Å²) in [5.41, 5.74) is 4.64. The Morgan fingerprint density at radius 1 is 1.05 bits per heavy atom. The normalized spacial score (nSPS) is 12.2. The Hall–Kier alpha value is -1.26. The standard InChI is InChI=1S/C14H14Cl2N2O/c1-19-13-4-2-3-9(7-13)14(18-17)10-5-11(15)8-12(16)6-10/h2-8,14,18H,17H2,1H3. The maximum atomic E-state index is 6.02. The first kappa shape index (κ1) is 14.2. The Morgan fingerprint density at radius 2 is 1.74 bits per heavy atom. The van der Waals surface area contributed by atoms with Crippen molar-refractivity contribution in [1.82, 2.24) is 5.43 Å². The van der Waals surface area contributed by atoms with Crippen LogP contribution in [0.15, 0.2) is 42.5 Å². The molecule has 3 nitrogen and oxygen atoms in total. The van der Waals surface area contributed by atoms with E-state index in [2.05, 4.69) is 5.43 Å². The molecule has 0 aromatic heterocycles. The van der Waals surface area contributed by atoms with Gasteiger partial charge in [-0.15, -0.1) is 0 Å². The number of ether oxygens (including phenoxy) is 1. The number of nitrogens with one attached hydrogen (secondary N) is 1. The molecule has 0 saturated carbocycles. The third-order valence-electron chi connectivity index (χ3n) is 2.81. The monoisotopic (exact) mass is 296 g/mol. The number of hydrazine groups is 1. The van der Waals surface area contributed by atoms with Gasteiger partial charge < -0.3 is 4.74 Å². The molecule has 19 heavy (non-hydrogen) atoms. The molecule has 0 aliphatic carbocycles. The van der Waals surface area contributed by atoms with Crippen molar-refractivity contribution in [1.29, 1.82) is 0 Å². The van der Waals surface area contributed by atoms with Crippen LogP contribution in [-0.2, 0) is 0 Å². The third kappa shape index (κ3) is 3.39. The highest BCUT2D eigenvalue weighted by Crippen LogP contribution is 2.28. The van der Waals surface area contributed by atoms with Crippen LogP contribution >= 0.6 is 23.2 Å². The zero-order chi connectivity index (χ0) is 13.8. The number of benzene rings is 2. The lowest BCUT2D eigenvalue weighted by molar-refractivity contribution is 0.413. The molecule has 0 saturated heterocycles. The summed E-state index contributed by atoms with van der Waals surface area (Å²) in [5.74, 6) is 6.42. The average molecular weight is 297 g/mol. The van der Waals surface area contributed by atoms with Crippen molar-refractivity contribution < 1.29 is 4.74 Å². The molecule has 0 aliphatic heterocycles. The SMILES string of the molecule is COc1cccc(C(NN)c2cc(Cl)cc(Cl)c2)c1. The van der Waals surface area contributed by atoms with Gasteiger partial charge in [-0.1, -0.05) is 35.3 Å². The van der Waals surface area contributed by atoms with Gasteiger partial charge in [-0.2, -0.15) is 0 Å². The molecule has 2 aromatic carbocycles. The van der Waals surface area contributed by atoms with Crippen molar-refractivity contribution in [2.75, 3.05) is 7.11 Å². The first-order chi connectivity index (χ1) is 9.13. The fraction of sp³-hybridized carbons (Fsp3) is 0.143. The molecule has 1 atom stereocenters. The summed E-state index contributed by atoms with van der Waals surface area (Å²) in [4.78, 5) is 0. The van der Waals surface area contributed by atoms with Crippen LogP contribution in [-0.4, -0.2) is 7.11 Å². The van der Waals surface area contributed by atoms with Crippen molar-refractivity contribution in [2.24, 2.45) is 5.84 Å². The number of rotatable bonds is 4. The molecule has 1 unspecified atom stereocenters. The highest BCUT2D eigenvalue weighted by atomic mass is 35.5. The average Bonchev–Trinajstić information content (AvgIpc) is 2.39. The number of hydrogen-bond donors (Lipinski definition) is 2. The van der Waals surface area contributed by atoms with Crippen LogP contribution in [0.25, 0.3) is 0 Å². The van der Waals surface area contributed by atoms with Crippen LogP contribution in [0.4, 0.5) is 0 Å². The van der Waals surface area contributed by atoms with Crippen molar-refractivity contribution >= 4 is 23.2 Å². The molecule has 0 aliphatic rings. The zero-order valence-electron chi connectivity index (χ0n) is 10.4. The largest absolute Gasteiger partial charge is 0.497 e. The van der Waals surface area contributed by atoms with Gasteiger partial charge in [-0.25, -0.2) is 5.43 Å². The second-order valence-corrected chi connectivity index (χ2v) is 4.95. The van der Waals surface area contributed by atoms with Crippen molar-refractivity contribution in [3.05, 3.63) is 63.6 Å². The van der Waals surface area contributed by atoms with Crippen LogP contribution in [0.2, 0.25) is 10.0 Å². The molecule has 2 rings (SSSR count). The second kappa shape index (κ2) is 6.26. The van der Waals surface area contributed by atoms with E-state index in [-0.39, 0.29) is 6.04 Å². The molecule has 0 bridgehead atoms. The fourth-order valence-electron chi connectivity index (χ4n) is 1.95. The first-order valence-corrected chi connectivity index (χ1v) is 6.45. The molecule has 0 amide bonds. The lowest BCUT2D eigenvalue weighted by Gasteiger charge is -2.18. The van der Waals surface area contributed by atoms with Gasteiger partial charge in [0.05, 0.1) is 13.2 Å². The highest BCUT2D eigenvalue weighted by Gasteiger charge is 2.14. The van der Waals surface area contributed by atoms with Crippen LogP contribution in [0.3, 0.4) is 0 Å². The van der Waals surface area contributed by atoms with Crippen molar-refractivity contribution in [3.63, 3.8) is 0 Å². The van der Waals surface area contributed by atoms with Gasteiger partial charge in [0, 0.05) is 10.0 Å². The Balaban J connectivity index is 2.43. The summed E-state index contributed by atoms with van der Waals surface area (Å²) < 4.78 is 5.21. The molecule has 0 spiro atoms. The maximum absolute atomic E-state index is 6.02. The Bertz CT molecular complexity index is 555. The van der Waals surface area contributed by atoms with E-state index >= 15 is 0 Å². The molecule has 0 fully saturated rings. The van der Waals surface area contributed by atoms with Crippen LogP contribution in [0.5, 0.6) is 5.75 Å². The summed E-state index contributed by atoms with van der Waals surface area (Å²) in [7, 11) is 1.63. The minimum Gasteiger partial charge on any atom is -0.497 e. The summed E-state index contributed by atoms with van der Waals surface area (Å²) in [6.07, 6.45) is 0. The second-order valence-electron chi connectivity index (χ2n) is 4.08. The van der Waals surface area contributed by atoms with Crippen molar-refractivity contribution in [3.8, 4) is 5.75 Å². The van der Waals surface area contributed by atoms with E-state index in [0.29, 0.717) is 10.0 Å². The minimum absolute atomic E-state index is 0.203. The Kier molecular flexibility index (Phi) is 4.66. The Morgan fingerprint density at radius 3 is 2.32 bits per heavy atom. The molecule has 5 heteroatoms. The van der Waals surface area contributed by atoms with Crippen molar-refractivity contribution in [2.45, 2.75) is 6.04 Å². The topological polar surface area (TPSA) is 47.3 Å². The van der Waals surface area contributed by atoms with Gasteiger partial charge in [-0.05, 0) is 41.5 Å². The summed E-state index contributed by atoms with van der Waals surface area (Å²) in [6, 6.07) is 12.8. The summed E-state index contributed by atoms with van der Waals surface area (Å²) >= 11 is 12.0. The maximum Gasteiger partial charge on any atom is 0.119 e. The molecule has 100 valence electrons. The van der Waals surface area contributed by atoms with Crippen LogP contribution < -0.4 is 16.0 Å². The summed E-state index contributed by atoms with van der Waals surface area (Å²) in [5, 5.41) is 1.15. The number of halogens is 2. The number of nitrogens with two attached hydrogens (primary N) is 1. The molecule has 2 aromatic rings. The predicted octanol–water partition coefficient (Wildman–Crippen LogP) is 3.55. The van der Waals surface area contributed by atoms with E-state index in [0.717, 1.165) is 16.9 Å². The van der Waals surface area contributed by atoms with Gasteiger partial charge in [0.25, 0.3) is 0 Å². The quantitative estimate of drug-likeness (QED) is 0.670. The molecular weight excluding hydrogens is 283 g/mol.